The molecule has 1 atom stereocenters. The number of nitrogens with zero attached hydrogens (tertiary/aromatic N) is 2. The molecule has 2 aromatic carbocycles. The van der Waals surface area contributed by atoms with Gasteiger partial charge in [-0.2, -0.15) is 0 Å². The summed E-state index contributed by atoms with van der Waals surface area (Å²) in [4.78, 5) is 4.71. The van der Waals surface area contributed by atoms with E-state index in [0.717, 1.165) is 80.0 Å². The van der Waals surface area contributed by atoms with Crippen molar-refractivity contribution >= 4 is 0 Å². The first-order valence-electron chi connectivity index (χ1n) is 13.9. The number of piperidine rings is 3. The van der Waals surface area contributed by atoms with Crippen LogP contribution in [0, 0.1) is 11.3 Å². The molecule has 0 radical (unpaired) electrons. The summed E-state index contributed by atoms with van der Waals surface area (Å²) in [7, 11) is 0. The Hall–Kier alpha value is -2.63. The lowest BCUT2D eigenvalue weighted by atomic mass is 9.71. The molecule has 4 heterocycles. The molecule has 4 aliphatic rings. The van der Waals surface area contributed by atoms with Crippen LogP contribution in [-0.4, -0.2) is 40.8 Å². The summed E-state index contributed by atoms with van der Waals surface area (Å²) < 4.78 is 13.7. The van der Waals surface area contributed by atoms with Crippen molar-refractivity contribution in [1.82, 2.24) is 4.98 Å². The predicted molar refractivity (Wildman–Crippen MR) is 139 cm³/mol. The SMILES string of the molecule is O[C@](c1ccccc1)(c1ncc(C[N+]23CCC(COc4ccccc4)(CC2)CC3)o1)C1CCCCC1. The fourth-order valence-electron chi connectivity index (χ4n) is 6.97. The van der Waals surface area contributed by atoms with Crippen LogP contribution in [0.1, 0.15) is 68.6 Å². The van der Waals surface area contributed by atoms with E-state index in [-0.39, 0.29) is 5.92 Å². The number of para-hydroxylation sites is 1. The number of ether oxygens (including phenoxy) is 1. The Bertz CT molecular complexity index is 1110. The van der Waals surface area contributed by atoms with Crippen LogP contribution in [0.2, 0.25) is 0 Å². The molecule has 0 spiro atoms. The van der Waals surface area contributed by atoms with Gasteiger partial charge in [-0.05, 0) is 30.5 Å². The van der Waals surface area contributed by atoms with Crippen molar-refractivity contribution in [3.8, 4) is 5.75 Å². The summed E-state index contributed by atoms with van der Waals surface area (Å²) in [5.41, 5.74) is 0.0430. The first-order valence-corrected chi connectivity index (χ1v) is 13.9. The molecule has 0 amide bonds. The molecule has 7 rings (SSSR count). The highest BCUT2D eigenvalue weighted by Crippen LogP contribution is 2.46. The minimum atomic E-state index is -1.16. The zero-order valence-corrected chi connectivity index (χ0v) is 21.3. The Morgan fingerprint density at radius 3 is 2.22 bits per heavy atom. The lowest BCUT2D eigenvalue weighted by Crippen LogP contribution is -2.62. The predicted octanol–water partition coefficient (Wildman–Crippen LogP) is 6.07. The van der Waals surface area contributed by atoms with Gasteiger partial charge in [-0.1, -0.05) is 67.8 Å². The number of fused-ring (bicyclic) bond motifs is 3. The molecule has 1 aromatic heterocycles. The minimum Gasteiger partial charge on any atom is -0.493 e. The normalized spacial score (nSPS) is 28.0. The van der Waals surface area contributed by atoms with Crippen molar-refractivity contribution in [1.29, 1.82) is 0 Å². The molecule has 3 aliphatic heterocycles. The van der Waals surface area contributed by atoms with E-state index in [1.165, 1.54) is 25.7 Å². The number of benzene rings is 2. The summed E-state index contributed by atoms with van der Waals surface area (Å²) in [6, 6.07) is 20.2. The Kier molecular flexibility index (Phi) is 6.38. The number of aliphatic hydroxyl groups is 1. The minimum absolute atomic E-state index is 0.141. The van der Waals surface area contributed by atoms with E-state index < -0.39 is 5.60 Å². The van der Waals surface area contributed by atoms with Crippen LogP contribution < -0.4 is 4.74 Å². The van der Waals surface area contributed by atoms with Gasteiger partial charge >= 0.3 is 0 Å². The molecule has 1 N–H and O–H groups in total. The van der Waals surface area contributed by atoms with Crippen molar-refractivity contribution in [3.63, 3.8) is 0 Å². The first kappa shape index (κ1) is 23.7. The topological polar surface area (TPSA) is 55.5 Å². The maximum absolute atomic E-state index is 12.1. The fourth-order valence-corrected chi connectivity index (χ4v) is 6.97. The zero-order valence-electron chi connectivity index (χ0n) is 21.3. The third-order valence-electron chi connectivity index (χ3n) is 9.42. The van der Waals surface area contributed by atoms with Crippen LogP contribution in [0.5, 0.6) is 5.75 Å². The zero-order chi connectivity index (χ0) is 24.5. The molecule has 3 saturated heterocycles. The molecule has 4 fully saturated rings. The summed E-state index contributed by atoms with van der Waals surface area (Å²) in [5.74, 6) is 2.50. The fraction of sp³-hybridized carbons (Fsp3) is 0.516. The number of rotatable bonds is 8. The second-order valence-corrected chi connectivity index (χ2v) is 11.6. The van der Waals surface area contributed by atoms with E-state index in [0.29, 0.717) is 11.3 Å². The van der Waals surface area contributed by atoms with E-state index >= 15 is 0 Å². The number of hydrogen-bond acceptors (Lipinski definition) is 4. The number of quaternary nitrogens is 1. The summed E-state index contributed by atoms with van der Waals surface area (Å²) in [6.45, 7) is 5.13. The molecule has 1 aliphatic carbocycles. The molecule has 3 aromatic rings. The Morgan fingerprint density at radius 2 is 1.56 bits per heavy atom. The van der Waals surface area contributed by atoms with Crippen LogP contribution in [0.3, 0.4) is 0 Å². The van der Waals surface area contributed by atoms with Gasteiger partial charge in [-0.15, -0.1) is 0 Å². The molecule has 5 nitrogen and oxygen atoms in total. The lowest BCUT2D eigenvalue weighted by Gasteiger charge is -2.54. The summed E-state index contributed by atoms with van der Waals surface area (Å²) in [6.07, 6.45) is 11.0. The molecule has 1 saturated carbocycles. The van der Waals surface area contributed by atoms with Crippen LogP contribution in [0.4, 0.5) is 0 Å². The van der Waals surface area contributed by atoms with Gasteiger partial charge < -0.3 is 18.7 Å². The Balaban J connectivity index is 1.16. The Morgan fingerprint density at radius 1 is 0.917 bits per heavy atom. The second kappa shape index (κ2) is 9.68. The van der Waals surface area contributed by atoms with Gasteiger partial charge in [0.1, 0.15) is 12.3 Å². The van der Waals surface area contributed by atoms with Gasteiger partial charge in [0, 0.05) is 30.6 Å². The molecular formula is C31H39N2O3+. The number of oxazole rings is 1. The van der Waals surface area contributed by atoms with Crippen molar-refractivity contribution in [2.45, 2.75) is 63.5 Å². The highest BCUT2D eigenvalue weighted by Gasteiger charge is 2.50. The average molecular weight is 488 g/mol. The van der Waals surface area contributed by atoms with Crippen molar-refractivity contribution in [2.24, 2.45) is 11.3 Å². The van der Waals surface area contributed by atoms with Crippen LogP contribution >= 0.6 is 0 Å². The number of hydrogen-bond donors (Lipinski definition) is 1. The molecule has 36 heavy (non-hydrogen) atoms. The highest BCUT2D eigenvalue weighted by molar-refractivity contribution is 5.30. The molecule has 190 valence electrons. The number of aromatic nitrogens is 1. The third-order valence-corrected chi connectivity index (χ3v) is 9.42. The van der Waals surface area contributed by atoms with Crippen molar-refractivity contribution in [2.75, 3.05) is 26.2 Å². The lowest BCUT2D eigenvalue weighted by molar-refractivity contribution is -0.958. The van der Waals surface area contributed by atoms with E-state index in [2.05, 4.69) is 0 Å². The highest BCUT2D eigenvalue weighted by atomic mass is 16.5. The quantitative estimate of drug-likeness (QED) is 0.392. The largest absolute Gasteiger partial charge is 0.493 e. The van der Waals surface area contributed by atoms with Crippen LogP contribution in [0.15, 0.2) is 71.3 Å². The maximum atomic E-state index is 12.1. The van der Waals surface area contributed by atoms with Crippen molar-refractivity contribution in [3.05, 3.63) is 84.1 Å². The van der Waals surface area contributed by atoms with Crippen molar-refractivity contribution < 1.29 is 18.7 Å². The van der Waals surface area contributed by atoms with E-state index in [9.17, 15) is 5.11 Å². The van der Waals surface area contributed by atoms with Gasteiger partial charge in [0.15, 0.2) is 11.4 Å². The monoisotopic (exact) mass is 487 g/mol. The van der Waals surface area contributed by atoms with Gasteiger partial charge in [0.05, 0.1) is 32.4 Å². The molecule has 5 heteroatoms. The van der Waals surface area contributed by atoms with E-state index in [1.807, 2.05) is 66.9 Å². The Labute approximate surface area is 214 Å². The molecular weight excluding hydrogens is 448 g/mol. The summed E-state index contributed by atoms with van der Waals surface area (Å²) in [5, 5.41) is 12.1. The first-order chi connectivity index (χ1) is 17.6. The van der Waals surface area contributed by atoms with Gasteiger partial charge in [0.25, 0.3) is 0 Å². The van der Waals surface area contributed by atoms with Gasteiger partial charge in [0.2, 0.25) is 5.89 Å². The molecule has 2 bridgehead atoms. The van der Waals surface area contributed by atoms with Gasteiger partial charge in [-0.3, -0.25) is 0 Å². The van der Waals surface area contributed by atoms with Crippen LogP contribution in [0.25, 0.3) is 0 Å². The second-order valence-electron chi connectivity index (χ2n) is 11.6. The average Bonchev–Trinajstić information content (AvgIpc) is 3.42. The standard InChI is InChI=1S/C31H39N2O3/c34-31(25-10-4-1-5-11-25,26-12-6-2-7-13-26)29-32-22-28(36-29)23-33-19-16-30(17-20-33,18-21-33)24-35-27-14-8-3-9-15-27/h1,3-5,8-11,14-15,22,26,34H,2,6-7,12-13,16-21,23-24H2/q+1/t30?,31-,33?/m0/s1. The molecule has 0 unspecified atom stereocenters. The van der Waals surface area contributed by atoms with E-state index in [4.69, 9.17) is 14.1 Å². The van der Waals surface area contributed by atoms with Gasteiger partial charge in [-0.25, -0.2) is 4.98 Å². The summed E-state index contributed by atoms with van der Waals surface area (Å²) >= 11 is 0. The third kappa shape index (κ3) is 4.48. The van der Waals surface area contributed by atoms with Crippen LogP contribution in [-0.2, 0) is 12.1 Å². The smallest absolute Gasteiger partial charge is 0.231 e. The maximum Gasteiger partial charge on any atom is 0.231 e. The van der Waals surface area contributed by atoms with E-state index in [1.54, 1.807) is 0 Å².